The standard InChI is InChI=1S/C7H13O7P/c1-7(2,14-15(12)13)4(6(10)11)3-5(8)9/h4,15H,3H2,1-2H3,(H,8,9)(H,10,11)(H,12,13). The van der Waals surface area contributed by atoms with E-state index in [-0.39, 0.29) is 0 Å². The smallest absolute Gasteiger partial charge is 0.317 e. The molecule has 0 radical (unpaired) electrons. The summed E-state index contributed by atoms with van der Waals surface area (Å²) in [6.45, 7) is 2.51. The molecule has 0 aliphatic rings. The van der Waals surface area contributed by atoms with Crippen molar-refractivity contribution < 1.29 is 33.8 Å². The fraction of sp³-hybridized carbons (Fsp3) is 0.714. The van der Waals surface area contributed by atoms with Crippen molar-refractivity contribution in [1.82, 2.24) is 0 Å². The third kappa shape index (κ3) is 4.92. The van der Waals surface area contributed by atoms with Crippen molar-refractivity contribution >= 4 is 20.2 Å². The number of hydrogen-bond donors (Lipinski definition) is 3. The molecule has 0 saturated carbocycles. The lowest BCUT2D eigenvalue weighted by Gasteiger charge is -2.28. The van der Waals surface area contributed by atoms with Crippen LogP contribution in [-0.4, -0.2) is 32.6 Å². The van der Waals surface area contributed by atoms with E-state index in [0.717, 1.165) is 0 Å². The summed E-state index contributed by atoms with van der Waals surface area (Å²) in [7, 11) is -3.31. The molecule has 0 aliphatic heterocycles. The van der Waals surface area contributed by atoms with Gasteiger partial charge in [-0.3, -0.25) is 14.2 Å². The van der Waals surface area contributed by atoms with Gasteiger partial charge in [-0.05, 0) is 13.8 Å². The molecule has 7 nitrogen and oxygen atoms in total. The van der Waals surface area contributed by atoms with Crippen molar-refractivity contribution in [2.75, 3.05) is 0 Å². The Morgan fingerprint density at radius 1 is 1.40 bits per heavy atom. The third-order valence-electron chi connectivity index (χ3n) is 1.87. The van der Waals surface area contributed by atoms with Crippen LogP contribution in [0.25, 0.3) is 0 Å². The summed E-state index contributed by atoms with van der Waals surface area (Å²) in [5, 5.41) is 17.2. The Labute approximate surface area is 86.6 Å². The van der Waals surface area contributed by atoms with Gasteiger partial charge >= 0.3 is 20.2 Å². The Bertz CT molecular complexity index is 285. The molecule has 0 aromatic rings. The average molecular weight is 240 g/mol. The first-order chi connectivity index (χ1) is 6.66. The first-order valence-corrected chi connectivity index (χ1v) is 5.29. The molecule has 0 aromatic heterocycles. The van der Waals surface area contributed by atoms with Gasteiger partial charge < -0.3 is 19.6 Å². The normalized spacial score (nSPS) is 15.7. The Morgan fingerprint density at radius 3 is 2.13 bits per heavy atom. The monoisotopic (exact) mass is 240 g/mol. The van der Waals surface area contributed by atoms with E-state index >= 15 is 0 Å². The van der Waals surface area contributed by atoms with Gasteiger partial charge in [0.05, 0.1) is 17.9 Å². The Morgan fingerprint density at radius 2 is 1.87 bits per heavy atom. The molecule has 0 rings (SSSR count). The highest BCUT2D eigenvalue weighted by Crippen LogP contribution is 2.33. The van der Waals surface area contributed by atoms with Crippen molar-refractivity contribution in [2.45, 2.75) is 25.9 Å². The van der Waals surface area contributed by atoms with Crippen molar-refractivity contribution in [2.24, 2.45) is 5.92 Å². The second-order valence-corrected chi connectivity index (χ2v) is 4.20. The lowest BCUT2D eigenvalue weighted by Crippen LogP contribution is -2.39. The van der Waals surface area contributed by atoms with Gasteiger partial charge in [0.2, 0.25) is 0 Å². The van der Waals surface area contributed by atoms with Crippen molar-refractivity contribution in [3.8, 4) is 0 Å². The zero-order valence-corrected chi connectivity index (χ0v) is 9.26. The number of hydrogen-bond acceptors (Lipinski definition) is 4. The second kappa shape index (κ2) is 5.25. The quantitative estimate of drug-likeness (QED) is 0.572. The molecule has 3 N–H and O–H groups in total. The van der Waals surface area contributed by atoms with Crippen LogP contribution in [0.1, 0.15) is 20.3 Å². The van der Waals surface area contributed by atoms with Gasteiger partial charge in [0.15, 0.2) is 0 Å². The van der Waals surface area contributed by atoms with E-state index in [1.807, 2.05) is 0 Å². The zero-order chi connectivity index (χ0) is 12.2. The maximum Gasteiger partial charge on any atom is 0.317 e. The van der Waals surface area contributed by atoms with E-state index in [2.05, 4.69) is 4.52 Å². The van der Waals surface area contributed by atoms with Gasteiger partial charge in [-0.25, -0.2) is 0 Å². The van der Waals surface area contributed by atoms with E-state index in [9.17, 15) is 14.2 Å². The molecule has 2 unspecified atom stereocenters. The van der Waals surface area contributed by atoms with Crippen molar-refractivity contribution in [3.05, 3.63) is 0 Å². The second-order valence-electron chi connectivity index (χ2n) is 3.46. The summed E-state index contributed by atoms with van der Waals surface area (Å²) < 4.78 is 15.0. The van der Waals surface area contributed by atoms with Gasteiger partial charge in [-0.1, -0.05) is 0 Å². The van der Waals surface area contributed by atoms with Gasteiger partial charge in [-0.15, -0.1) is 0 Å². The lowest BCUT2D eigenvalue weighted by atomic mass is 9.88. The highest BCUT2D eigenvalue weighted by atomic mass is 31.1. The molecule has 8 heteroatoms. The zero-order valence-electron chi connectivity index (χ0n) is 8.26. The topological polar surface area (TPSA) is 121 Å². The Kier molecular flexibility index (Phi) is 4.93. The average Bonchev–Trinajstić information content (AvgIpc) is 1.96. The maximum absolute atomic E-state index is 10.7. The van der Waals surface area contributed by atoms with Crippen LogP contribution >= 0.6 is 8.25 Å². The van der Waals surface area contributed by atoms with Crippen LogP contribution in [0.5, 0.6) is 0 Å². The van der Waals surface area contributed by atoms with Gasteiger partial charge in [0.1, 0.15) is 0 Å². The predicted octanol–water partition coefficient (Wildman–Crippen LogP) is 0.339. The van der Waals surface area contributed by atoms with Crippen LogP contribution in [0.2, 0.25) is 0 Å². The van der Waals surface area contributed by atoms with Crippen LogP contribution in [0.3, 0.4) is 0 Å². The fourth-order valence-electron chi connectivity index (χ4n) is 1.10. The molecule has 15 heavy (non-hydrogen) atoms. The van der Waals surface area contributed by atoms with Crippen LogP contribution < -0.4 is 0 Å². The van der Waals surface area contributed by atoms with Crippen molar-refractivity contribution in [1.29, 1.82) is 0 Å². The Hall–Kier alpha value is -0.910. The lowest BCUT2D eigenvalue weighted by molar-refractivity contribution is -0.155. The van der Waals surface area contributed by atoms with Crippen LogP contribution in [0, 0.1) is 5.92 Å². The minimum absolute atomic E-state index is 0.669. The minimum Gasteiger partial charge on any atom is -0.481 e. The highest BCUT2D eigenvalue weighted by molar-refractivity contribution is 7.32. The number of carbonyl (C=O) groups is 2. The highest BCUT2D eigenvalue weighted by Gasteiger charge is 2.39. The number of carboxylic acid groups (broad SMARTS) is 2. The summed E-state index contributed by atoms with van der Waals surface area (Å²) in [5.74, 6) is -4.07. The van der Waals surface area contributed by atoms with Crippen LogP contribution in [0.4, 0.5) is 0 Å². The first kappa shape index (κ1) is 14.1. The molecular weight excluding hydrogens is 227 g/mol. The number of rotatable bonds is 6. The molecule has 0 aliphatic carbocycles. The predicted molar refractivity (Wildman–Crippen MR) is 49.8 cm³/mol. The maximum atomic E-state index is 10.7. The minimum atomic E-state index is -3.31. The van der Waals surface area contributed by atoms with Crippen LogP contribution in [-0.2, 0) is 18.7 Å². The van der Waals surface area contributed by atoms with Gasteiger partial charge in [0.25, 0.3) is 0 Å². The molecule has 0 saturated heterocycles. The molecule has 0 aromatic carbocycles. The van der Waals surface area contributed by atoms with Crippen molar-refractivity contribution in [3.63, 3.8) is 0 Å². The fourth-order valence-corrected chi connectivity index (χ4v) is 1.69. The summed E-state index contributed by atoms with van der Waals surface area (Å²) in [6.07, 6.45) is -0.669. The van der Waals surface area contributed by atoms with E-state index in [1.54, 1.807) is 0 Å². The molecular formula is C7H13O7P. The van der Waals surface area contributed by atoms with E-state index in [0.29, 0.717) is 0 Å². The molecule has 0 amide bonds. The van der Waals surface area contributed by atoms with Gasteiger partial charge in [0, 0.05) is 0 Å². The van der Waals surface area contributed by atoms with Crippen LogP contribution in [0.15, 0.2) is 0 Å². The number of carboxylic acids is 2. The Balaban J connectivity index is 4.80. The largest absolute Gasteiger partial charge is 0.481 e. The molecule has 0 fully saturated rings. The molecule has 2 atom stereocenters. The summed E-state index contributed by atoms with van der Waals surface area (Å²) >= 11 is 0. The molecule has 0 spiro atoms. The van der Waals surface area contributed by atoms with E-state index < -0.39 is 38.1 Å². The number of aliphatic carboxylic acids is 2. The molecule has 0 heterocycles. The van der Waals surface area contributed by atoms with E-state index in [1.165, 1.54) is 13.8 Å². The first-order valence-electron chi connectivity index (χ1n) is 4.03. The third-order valence-corrected chi connectivity index (χ3v) is 2.57. The SMILES string of the molecule is CC(C)(O[PH](=O)O)C(CC(=O)O)C(=O)O. The molecule has 88 valence electrons. The van der Waals surface area contributed by atoms with Gasteiger partial charge in [-0.2, -0.15) is 0 Å². The summed E-state index contributed by atoms with van der Waals surface area (Å²) in [4.78, 5) is 29.7. The molecule has 0 bridgehead atoms. The summed E-state index contributed by atoms with van der Waals surface area (Å²) in [6, 6.07) is 0. The summed E-state index contributed by atoms with van der Waals surface area (Å²) in [5.41, 5.74) is -1.50. The van der Waals surface area contributed by atoms with E-state index in [4.69, 9.17) is 15.1 Å².